The van der Waals surface area contributed by atoms with E-state index in [1.54, 1.807) is 11.3 Å². The molecule has 0 atom stereocenters. The van der Waals surface area contributed by atoms with E-state index in [9.17, 15) is 9.18 Å². The predicted octanol–water partition coefficient (Wildman–Crippen LogP) is 2.15. The fourth-order valence-electron chi connectivity index (χ4n) is 1.65. The lowest BCUT2D eigenvalue weighted by Gasteiger charge is -2.05. The minimum Gasteiger partial charge on any atom is -0.399 e. The molecule has 4 nitrogen and oxygen atoms in total. The highest BCUT2D eigenvalue weighted by Gasteiger charge is 2.08. The third-order valence-electron chi connectivity index (χ3n) is 2.47. The van der Waals surface area contributed by atoms with Gasteiger partial charge in [0, 0.05) is 35.3 Å². The van der Waals surface area contributed by atoms with E-state index in [0.717, 1.165) is 10.7 Å². The molecule has 0 bridgehead atoms. The van der Waals surface area contributed by atoms with Crippen molar-refractivity contribution in [2.75, 3.05) is 12.3 Å². The van der Waals surface area contributed by atoms with Gasteiger partial charge in [0.25, 0.3) is 5.91 Å². The number of rotatable bonds is 4. The van der Waals surface area contributed by atoms with Crippen LogP contribution in [0.3, 0.4) is 0 Å². The minimum atomic E-state index is -0.513. The largest absolute Gasteiger partial charge is 0.399 e. The predicted molar refractivity (Wildman–Crippen MR) is 73.7 cm³/mol. The highest BCUT2D eigenvalue weighted by molar-refractivity contribution is 7.09. The van der Waals surface area contributed by atoms with Crippen LogP contribution in [0.5, 0.6) is 0 Å². The molecular formula is C13H14FN3OS. The number of hydrogen-bond acceptors (Lipinski definition) is 4. The second-order valence-corrected chi connectivity index (χ2v) is 5.10. The van der Waals surface area contributed by atoms with E-state index in [1.807, 2.05) is 12.3 Å². The number of nitrogens with one attached hydrogen (secondary N) is 1. The van der Waals surface area contributed by atoms with Gasteiger partial charge in [0.05, 0.1) is 5.01 Å². The van der Waals surface area contributed by atoms with Crippen LogP contribution in [0.15, 0.2) is 23.6 Å². The SMILES string of the molecule is Cc1csc(CCNC(=O)c2cc(N)cc(F)c2)n1. The summed E-state index contributed by atoms with van der Waals surface area (Å²) in [6, 6.07) is 3.79. The third kappa shape index (κ3) is 3.75. The van der Waals surface area contributed by atoms with Crippen molar-refractivity contribution in [1.29, 1.82) is 0 Å². The van der Waals surface area contributed by atoms with Gasteiger partial charge in [-0.1, -0.05) is 0 Å². The highest BCUT2D eigenvalue weighted by Crippen LogP contribution is 2.11. The monoisotopic (exact) mass is 279 g/mol. The Labute approximate surface area is 114 Å². The van der Waals surface area contributed by atoms with E-state index in [1.165, 1.54) is 18.2 Å². The zero-order valence-electron chi connectivity index (χ0n) is 10.4. The normalized spacial score (nSPS) is 10.4. The quantitative estimate of drug-likeness (QED) is 0.843. The first-order valence-corrected chi connectivity index (χ1v) is 6.68. The molecule has 0 radical (unpaired) electrons. The van der Waals surface area contributed by atoms with E-state index < -0.39 is 5.82 Å². The van der Waals surface area contributed by atoms with Crippen LogP contribution in [0.1, 0.15) is 21.1 Å². The summed E-state index contributed by atoms with van der Waals surface area (Å²) in [6.07, 6.45) is 0.662. The average Bonchev–Trinajstić information content (AvgIpc) is 2.73. The fourth-order valence-corrected chi connectivity index (χ4v) is 2.42. The number of halogens is 1. The maximum absolute atomic E-state index is 13.1. The van der Waals surface area contributed by atoms with Gasteiger partial charge in [-0.25, -0.2) is 9.37 Å². The third-order valence-corrected chi connectivity index (χ3v) is 3.50. The fraction of sp³-hybridized carbons (Fsp3) is 0.231. The molecule has 0 saturated heterocycles. The van der Waals surface area contributed by atoms with Crippen LogP contribution < -0.4 is 11.1 Å². The number of aromatic nitrogens is 1. The summed E-state index contributed by atoms with van der Waals surface area (Å²) >= 11 is 1.56. The molecule has 6 heteroatoms. The summed E-state index contributed by atoms with van der Waals surface area (Å²) in [7, 11) is 0. The lowest BCUT2D eigenvalue weighted by atomic mass is 10.2. The van der Waals surface area contributed by atoms with Gasteiger partial charge in [0.2, 0.25) is 0 Å². The first-order chi connectivity index (χ1) is 9.04. The maximum atomic E-state index is 13.1. The van der Waals surface area contributed by atoms with Crippen molar-refractivity contribution in [3.8, 4) is 0 Å². The molecule has 0 aliphatic rings. The summed E-state index contributed by atoms with van der Waals surface area (Å²) in [5, 5.41) is 5.65. The van der Waals surface area contributed by atoms with Crippen molar-refractivity contribution in [3.05, 3.63) is 45.7 Å². The Balaban J connectivity index is 1.90. The zero-order valence-corrected chi connectivity index (χ0v) is 11.3. The van der Waals surface area contributed by atoms with Crippen molar-refractivity contribution < 1.29 is 9.18 Å². The Hall–Kier alpha value is -1.95. The van der Waals surface area contributed by atoms with Crippen molar-refractivity contribution >= 4 is 22.9 Å². The van der Waals surface area contributed by atoms with Crippen LogP contribution in [0.25, 0.3) is 0 Å². The number of aryl methyl sites for hydroxylation is 1. The number of hydrogen-bond donors (Lipinski definition) is 2. The van der Waals surface area contributed by atoms with Gasteiger partial charge in [-0.05, 0) is 25.1 Å². The van der Waals surface area contributed by atoms with Gasteiger partial charge in [0.15, 0.2) is 0 Å². The number of carbonyl (C=O) groups is 1. The molecule has 1 heterocycles. The van der Waals surface area contributed by atoms with Crippen LogP contribution >= 0.6 is 11.3 Å². The number of nitrogens with two attached hydrogens (primary N) is 1. The highest BCUT2D eigenvalue weighted by atomic mass is 32.1. The number of nitrogens with zero attached hydrogens (tertiary/aromatic N) is 1. The first kappa shape index (κ1) is 13.5. The molecule has 1 aromatic carbocycles. The molecule has 2 rings (SSSR count). The molecule has 0 spiro atoms. The molecule has 0 aliphatic carbocycles. The van der Waals surface area contributed by atoms with E-state index in [-0.39, 0.29) is 17.2 Å². The molecule has 0 aliphatic heterocycles. The van der Waals surface area contributed by atoms with E-state index >= 15 is 0 Å². The standard InChI is InChI=1S/C13H14FN3OS/c1-8-7-19-12(17-8)2-3-16-13(18)9-4-10(14)6-11(15)5-9/h4-7H,2-3,15H2,1H3,(H,16,18). The number of thiazole rings is 1. The molecule has 0 saturated carbocycles. The van der Waals surface area contributed by atoms with Crippen LogP contribution in [0.2, 0.25) is 0 Å². The molecule has 19 heavy (non-hydrogen) atoms. The van der Waals surface area contributed by atoms with Crippen LogP contribution in [0, 0.1) is 12.7 Å². The summed E-state index contributed by atoms with van der Waals surface area (Å²) in [6.45, 7) is 2.39. The molecule has 0 fully saturated rings. The maximum Gasteiger partial charge on any atom is 0.251 e. The van der Waals surface area contributed by atoms with Gasteiger partial charge < -0.3 is 11.1 Å². The topological polar surface area (TPSA) is 68.0 Å². The molecule has 0 unspecified atom stereocenters. The molecular weight excluding hydrogens is 265 g/mol. The Bertz CT molecular complexity index is 577. The van der Waals surface area contributed by atoms with Crippen molar-refractivity contribution in [2.45, 2.75) is 13.3 Å². The molecule has 1 amide bonds. The van der Waals surface area contributed by atoms with E-state index in [0.29, 0.717) is 13.0 Å². The minimum absolute atomic E-state index is 0.229. The van der Waals surface area contributed by atoms with Gasteiger partial charge in [-0.2, -0.15) is 0 Å². The summed E-state index contributed by atoms with van der Waals surface area (Å²) in [5.41, 5.74) is 6.93. The number of nitrogen functional groups attached to an aromatic ring is 1. The Morgan fingerprint density at radius 3 is 2.89 bits per heavy atom. The van der Waals surface area contributed by atoms with Gasteiger partial charge in [0.1, 0.15) is 5.82 Å². The van der Waals surface area contributed by atoms with Crippen molar-refractivity contribution in [3.63, 3.8) is 0 Å². The van der Waals surface area contributed by atoms with Gasteiger partial charge in [-0.3, -0.25) is 4.79 Å². The number of amides is 1. The van der Waals surface area contributed by atoms with E-state index in [4.69, 9.17) is 5.73 Å². The van der Waals surface area contributed by atoms with Crippen LogP contribution in [-0.2, 0) is 6.42 Å². The second kappa shape index (κ2) is 5.79. The number of carbonyl (C=O) groups excluding carboxylic acids is 1. The van der Waals surface area contributed by atoms with Gasteiger partial charge in [-0.15, -0.1) is 11.3 Å². The Morgan fingerprint density at radius 2 is 2.26 bits per heavy atom. The van der Waals surface area contributed by atoms with Crippen LogP contribution in [-0.4, -0.2) is 17.4 Å². The smallest absolute Gasteiger partial charge is 0.251 e. The molecule has 100 valence electrons. The Morgan fingerprint density at radius 1 is 1.47 bits per heavy atom. The van der Waals surface area contributed by atoms with Crippen molar-refractivity contribution in [2.24, 2.45) is 0 Å². The molecule has 1 aromatic heterocycles. The second-order valence-electron chi connectivity index (χ2n) is 4.16. The van der Waals surface area contributed by atoms with Crippen LogP contribution in [0.4, 0.5) is 10.1 Å². The van der Waals surface area contributed by atoms with Gasteiger partial charge >= 0.3 is 0 Å². The summed E-state index contributed by atoms with van der Waals surface area (Å²) in [5.74, 6) is -0.847. The lowest BCUT2D eigenvalue weighted by molar-refractivity contribution is 0.0953. The van der Waals surface area contributed by atoms with Crippen molar-refractivity contribution in [1.82, 2.24) is 10.3 Å². The summed E-state index contributed by atoms with van der Waals surface area (Å²) in [4.78, 5) is 16.1. The first-order valence-electron chi connectivity index (χ1n) is 5.80. The average molecular weight is 279 g/mol. The number of benzene rings is 1. The zero-order chi connectivity index (χ0) is 13.8. The number of anilines is 1. The summed E-state index contributed by atoms with van der Waals surface area (Å²) < 4.78 is 13.1. The molecule has 2 aromatic rings. The van der Waals surface area contributed by atoms with E-state index in [2.05, 4.69) is 10.3 Å². The Kier molecular flexibility index (Phi) is 4.11. The molecule has 3 N–H and O–H groups in total. The lowest BCUT2D eigenvalue weighted by Crippen LogP contribution is -2.25.